The van der Waals surface area contributed by atoms with Crippen LogP contribution in [0.1, 0.15) is 10.4 Å². The zero-order chi connectivity index (χ0) is 13.1. The van der Waals surface area contributed by atoms with Gasteiger partial charge in [-0.15, -0.1) is 0 Å². The first kappa shape index (κ1) is 12.9. The molecule has 98 valence electrons. The van der Waals surface area contributed by atoms with Gasteiger partial charge in [-0.1, -0.05) is 18.2 Å². The Hall–Kier alpha value is -1.50. The molecule has 1 aromatic carbocycles. The summed E-state index contributed by atoms with van der Waals surface area (Å²) in [7, 11) is 0. The van der Waals surface area contributed by atoms with Crippen molar-refractivity contribution >= 4 is 5.97 Å². The monoisotopic (exact) mass is 256 g/mol. The number of ether oxygens (including phenoxy) is 2. The van der Waals surface area contributed by atoms with E-state index in [9.17, 15) is 14.3 Å². The molecule has 5 nitrogen and oxygen atoms in total. The Balaban J connectivity index is 2.04. The van der Waals surface area contributed by atoms with Gasteiger partial charge in [-0.05, 0) is 12.1 Å². The Morgan fingerprint density at radius 3 is 2.61 bits per heavy atom. The summed E-state index contributed by atoms with van der Waals surface area (Å²) in [6, 6.07) is 8.04. The van der Waals surface area contributed by atoms with Crippen LogP contribution in [0.3, 0.4) is 0 Å². The Labute approximate surface area is 103 Å². The van der Waals surface area contributed by atoms with Gasteiger partial charge in [-0.2, -0.15) is 0 Å². The number of hydrogen-bond acceptors (Lipinski definition) is 5. The second kappa shape index (κ2) is 5.43. The predicted molar refractivity (Wildman–Crippen MR) is 58.5 cm³/mol. The molecule has 18 heavy (non-hydrogen) atoms. The van der Waals surface area contributed by atoms with Crippen molar-refractivity contribution in [1.29, 1.82) is 0 Å². The van der Waals surface area contributed by atoms with E-state index in [-0.39, 0.29) is 5.56 Å². The van der Waals surface area contributed by atoms with Gasteiger partial charge in [-0.25, -0.2) is 9.18 Å². The van der Waals surface area contributed by atoms with Crippen LogP contribution in [0.5, 0.6) is 0 Å². The summed E-state index contributed by atoms with van der Waals surface area (Å²) in [4.78, 5) is 11.7. The van der Waals surface area contributed by atoms with Crippen molar-refractivity contribution in [3.05, 3.63) is 35.9 Å². The van der Waals surface area contributed by atoms with Gasteiger partial charge in [-0.3, -0.25) is 0 Å². The highest BCUT2D eigenvalue weighted by Gasteiger charge is 2.46. The lowest BCUT2D eigenvalue weighted by molar-refractivity contribution is -0.135. The molecule has 0 saturated carbocycles. The van der Waals surface area contributed by atoms with Crippen molar-refractivity contribution in [2.45, 2.75) is 24.7 Å². The first-order chi connectivity index (χ1) is 8.63. The van der Waals surface area contributed by atoms with Crippen LogP contribution in [0.15, 0.2) is 30.3 Å². The lowest BCUT2D eigenvalue weighted by atomic mass is 10.1. The first-order valence-corrected chi connectivity index (χ1v) is 5.48. The average molecular weight is 256 g/mol. The predicted octanol–water partition coefficient (Wildman–Crippen LogP) is 0.260. The van der Waals surface area contributed by atoms with Crippen LogP contribution >= 0.6 is 0 Å². The van der Waals surface area contributed by atoms with Crippen LogP contribution in [-0.4, -0.2) is 47.5 Å². The minimum absolute atomic E-state index is 0.254. The molecule has 2 N–H and O–H groups in total. The fourth-order valence-electron chi connectivity index (χ4n) is 1.73. The minimum atomic E-state index is -1.75. The van der Waals surface area contributed by atoms with E-state index in [4.69, 9.17) is 14.6 Å². The van der Waals surface area contributed by atoms with E-state index in [1.54, 1.807) is 18.2 Å². The summed E-state index contributed by atoms with van der Waals surface area (Å²) in [5, 5.41) is 18.2. The van der Waals surface area contributed by atoms with E-state index in [0.29, 0.717) is 0 Å². The summed E-state index contributed by atoms with van der Waals surface area (Å²) < 4.78 is 23.2. The molecule has 1 aliphatic heterocycles. The summed E-state index contributed by atoms with van der Waals surface area (Å²) >= 11 is 0. The highest BCUT2D eigenvalue weighted by atomic mass is 19.1. The van der Waals surface area contributed by atoms with Gasteiger partial charge >= 0.3 is 5.97 Å². The van der Waals surface area contributed by atoms with E-state index in [1.165, 1.54) is 12.1 Å². The Morgan fingerprint density at radius 2 is 2.06 bits per heavy atom. The molecule has 0 radical (unpaired) electrons. The third-order valence-electron chi connectivity index (χ3n) is 2.70. The number of hydrogen-bond donors (Lipinski definition) is 2. The number of halogens is 1. The topological polar surface area (TPSA) is 76.0 Å². The van der Waals surface area contributed by atoms with E-state index in [2.05, 4.69) is 0 Å². The molecule has 1 fully saturated rings. The SMILES string of the molecule is O=C(O[C@@H]1[C@@H](F)[C@@H](CO)O[C@@H]1O)c1ccccc1. The van der Waals surface area contributed by atoms with Gasteiger partial charge in [0.2, 0.25) is 0 Å². The molecular formula is C12H13FO5. The van der Waals surface area contributed by atoms with Crippen molar-refractivity contribution in [3.63, 3.8) is 0 Å². The Kier molecular flexibility index (Phi) is 3.90. The van der Waals surface area contributed by atoms with E-state index >= 15 is 0 Å². The van der Waals surface area contributed by atoms with Gasteiger partial charge in [0.05, 0.1) is 12.2 Å². The van der Waals surface area contributed by atoms with Crippen molar-refractivity contribution in [3.8, 4) is 0 Å². The Morgan fingerprint density at radius 1 is 1.39 bits per heavy atom. The number of alkyl halides is 1. The maximum atomic E-state index is 13.7. The average Bonchev–Trinajstić information content (AvgIpc) is 2.67. The number of carbonyl (C=O) groups is 1. The van der Waals surface area contributed by atoms with Gasteiger partial charge in [0, 0.05) is 0 Å². The van der Waals surface area contributed by atoms with Crippen molar-refractivity contribution in [1.82, 2.24) is 0 Å². The van der Waals surface area contributed by atoms with E-state index in [1.807, 2.05) is 0 Å². The molecule has 6 heteroatoms. The van der Waals surface area contributed by atoms with Crippen LogP contribution in [0, 0.1) is 0 Å². The first-order valence-electron chi connectivity index (χ1n) is 5.48. The number of benzene rings is 1. The molecular weight excluding hydrogens is 243 g/mol. The molecule has 0 aliphatic carbocycles. The molecule has 0 amide bonds. The zero-order valence-corrected chi connectivity index (χ0v) is 9.40. The fraction of sp³-hybridized carbons (Fsp3) is 0.417. The molecule has 1 aliphatic rings. The maximum Gasteiger partial charge on any atom is 0.338 e. The van der Waals surface area contributed by atoms with Crippen molar-refractivity contribution in [2.75, 3.05) is 6.61 Å². The maximum absolute atomic E-state index is 13.7. The van der Waals surface area contributed by atoms with Gasteiger partial charge in [0.15, 0.2) is 18.6 Å². The largest absolute Gasteiger partial charge is 0.450 e. The number of aliphatic hydroxyl groups excluding tert-OH is 2. The van der Waals surface area contributed by atoms with Crippen molar-refractivity contribution < 1.29 is 28.9 Å². The third kappa shape index (κ3) is 2.50. The minimum Gasteiger partial charge on any atom is -0.450 e. The molecule has 0 spiro atoms. The number of rotatable bonds is 3. The molecule has 0 aromatic heterocycles. The molecule has 0 unspecified atom stereocenters. The summed E-state index contributed by atoms with van der Waals surface area (Å²) in [5.74, 6) is -0.746. The molecule has 1 saturated heterocycles. The smallest absolute Gasteiger partial charge is 0.338 e. The second-order valence-corrected chi connectivity index (χ2v) is 3.93. The lowest BCUT2D eigenvalue weighted by Gasteiger charge is -2.16. The van der Waals surface area contributed by atoms with Gasteiger partial charge < -0.3 is 19.7 Å². The molecule has 1 heterocycles. The highest BCUT2D eigenvalue weighted by molar-refractivity contribution is 5.89. The van der Waals surface area contributed by atoms with Gasteiger partial charge in [0.25, 0.3) is 0 Å². The number of carbonyl (C=O) groups excluding carboxylic acids is 1. The third-order valence-corrected chi connectivity index (χ3v) is 2.70. The molecule has 1 aromatic rings. The van der Waals surface area contributed by atoms with Crippen LogP contribution in [0.25, 0.3) is 0 Å². The summed E-state index contributed by atoms with van der Waals surface area (Å²) in [6.07, 6.45) is -5.91. The van der Waals surface area contributed by atoms with E-state index < -0.39 is 37.2 Å². The van der Waals surface area contributed by atoms with Crippen LogP contribution < -0.4 is 0 Å². The van der Waals surface area contributed by atoms with Crippen LogP contribution in [0.2, 0.25) is 0 Å². The quantitative estimate of drug-likeness (QED) is 0.759. The molecule has 2 rings (SSSR count). The normalized spacial score (nSPS) is 31.3. The number of aliphatic hydroxyl groups is 2. The number of esters is 1. The Bertz CT molecular complexity index is 410. The summed E-state index contributed by atoms with van der Waals surface area (Å²) in [5.41, 5.74) is 0.254. The standard InChI is InChI=1S/C12H13FO5/c13-9-8(6-14)17-12(16)10(9)18-11(15)7-4-2-1-3-5-7/h1-5,8-10,12,14,16H,6H2/t8-,9+,10-,12+/m1/s1. The molecule has 4 atom stereocenters. The summed E-state index contributed by atoms with van der Waals surface area (Å²) in [6.45, 7) is -0.586. The van der Waals surface area contributed by atoms with Crippen molar-refractivity contribution in [2.24, 2.45) is 0 Å². The van der Waals surface area contributed by atoms with Crippen LogP contribution in [0.4, 0.5) is 4.39 Å². The van der Waals surface area contributed by atoms with E-state index in [0.717, 1.165) is 0 Å². The highest BCUT2D eigenvalue weighted by Crippen LogP contribution is 2.25. The zero-order valence-electron chi connectivity index (χ0n) is 9.40. The second-order valence-electron chi connectivity index (χ2n) is 3.93. The lowest BCUT2D eigenvalue weighted by Crippen LogP contribution is -2.35. The molecule has 0 bridgehead atoms. The fourth-order valence-corrected chi connectivity index (χ4v) is 1.73. The van der Waals surface area contributed by atoms with Gasteiger partial charge in [0.1, 0.15) is 6.10 Å². The van der Waals surface area contributed by atoms with Crippen LogP contribution in [-0.2, 0) is 9.47 Å².